The third-order valence-corrected chi connectivity index (χ3v) is 3.06. The second-order valence-electron chi connectivity index (χ2n) is 4.87. The Morgan fingerprint density at radius 2 is 2.11 bits per heavy atom. The molecule has 2 N–H and O–H groups in total. The molecule has 1 aromatic carbocycles. The maximum Gasteiger partial charge on any atom is 0.258 e. The van der Waals surface area contributed by atoms with Gasteiger partial charge in [-0.3, -0.25) is 4.79 Å². The van der Waals surface area contributed by atoms with E-state index in [1.54, 1.807) is 19.1 Å². The normalized spacial score (nSPS) is 13.7. The van der Waals surface area contributed by atoms with E-state index >= 15 is 0 Å². The number of ether oxygens (including phenoxy) is 1. The average molecular weight is 265 g/mol. The number of hydrogen-bond donors (Lipinski definition) is 2. The molecule has 4 nitrogen and oxygen atoms in total. The number of hydrogen-bond acceptors (Lipinski definition) is 3. The summed E-state index contributed by atoms with van der Waals surface area (Å²) in [5, 5.41) is 12.3. The monoisotopic (exact) mass is 265 g/mol. The molecule has 0 radical (unpaired) electrons. The van der Waals surface area contributed by atoms with Crippen molar-refractivity contribution < 1.29 is 14.6 Å². The van der Waals surface area contributed by atoms with Gasteiger partial charge in [-0.2, -0.15) is 0 Å². The average Bonchev–Trinajstić information content (AvgIpc) is 2.36. The highest BCUT2D eigenvalue weighted by Crippen LogP contribution is 2.22. The van der Waals surface area contributed by atoms with Gasteiger partial charge < -0.3 is 15.2 Å². The van der Waals surface area contributed by atoms with E-state index in [1.165, 1.54) is 0 Å². The first-order chi connectivity index (χ1) is 8.93. The van der Waals surface area contributed by atoms with Gasteiger partial charge in [0.05, 0.1) is 6.10 Å². The van der Waals surface area contributed by atoms with Gasteiger partial charge in [0.25, 0.3) is 5.91 Å². The molecule has 0 fully saturated rings. The van der Waals surface area contributed by atoms with E-state index in [4.69, 9.17) is 4.74 Å². The number of aliphatic hydroxyl groups excluding tert-OH is 1. The lowest BCUT2D eigenvalue weighted by Gasteiger charge is -2.14. The van der Waals surface area contributed by atoms with Crippen LogP contribution in [0.3, 0.4) is 0 Å². The largest absolute Gasteiger partial charge is 0.484 e. The van der Waals surface area contributed by atoms with Gasteiger partial charge in [-0.15, -0.1) is 0 Å². The molecule has 0 aliphatic heterocycles. The second-order valence-corrected chi connectivity index (χ2v) is 4.87. The van der Waals surface area contributed by atoms with E-state index in [2.05, 4.69) is 5.32 Å². The molecule has 0 spiro atoms. The second kappa shape index (κ2) is 7.14. The fraction of sp³-hybridized carbons (Fsp3) is 0.533. The van der Waals surface area contributed by atoms with Crippen molar-refractivity contribution in [1.29, 1.82) is 0 Å². The van der Waals surface area contributed by atoms with Crippen LogP contribution in [0.2, 0.25) is 0 Å². The highest BCUT2D eigenvalue weighted by atomic mass is 16.5. The Bertz CT molecular complexity index is 429. The number of carbonyl (C=O) groups excluding carboxylic acids is 1. The first-order valence-corrected chi connectivity index (χ1v) is 6.64. The Morgan fingerprint density at radius 1 is 1.42 bits per heavy atom. The number of aliphatic hydroxyl groups is 1. The lowest BCUT2D eigenvalue weighted by Crippen LogP contribution is -2.35. The maximum absolute atomic E-state index is 11.6. The van der Waals surface area contributed by atoms with Crippen molar-refractivity contribution in [2.45, 2.75) is 46.3 Å². The van der Waals surface area contributed by atoms with E-state index in [0.717, 1.165) is 17.5 Å². The molecule has 1 aromatic rings. The quantitative estimate of drug-likeness (QED) is 0.830. The Hall–Kier alpha value is -1.55. The van der Waals surface area contributed by atoms with E-state index in [1.807, 2.05) is 26.8 Å². The molecular weight excluding hydrogens is 242 g/mol. The summed E-state index contributed by atoms with van der Waals surface area (Å²) in [5.41, 5.74) is 1.75. The summed E-state index contributed by atoms with van der Waals surface area (Å²) in [7, 11) is 0. The third-order valence-electron chi connectivity index (χ3n) is 3.06. The minimum Gasteiger partial charge on any atom is -0.484 e. The van der Waals surface area contributed by atoms with Gasteiger partial charge in [-0.05, 0) is 50.5 Å². The number of nitrogens with one attached hydrogen (secondary N) is 1. The fourth-order valence-corrected chi connectivity index (χ4v) is 1.66. The van der Waals surface area contributed by atoms with Crippen molar-refractivity contribution >= 4 is 5.91 Å². The molecule has 1 amide bonds. The fourth-order valence-electron chi connectivity index (χ4n) is 1.66. The molecular formula is C15H23NO3. The molecule has 1 unspecified atom stereocenters. The molecule has 0 bridgehead atoms. The third kappa shape index (κ3) is 4.91. The van der Waals surface area contributed by atoms with Crippen LogP contribution >= 0.6 is 0 Å². The van der Waals surface area contributed by atoms with Crippen molar-refractivity contribution in [2.24, 2.45) is 0 Å². The lowest BCUT2D eigenvalue weighted by molar-refractivity contribution is -0.123. The van der Waals surface area contributed by atoms with Crippen LogP contribution in [-0.2, 0) is 4.79 Å². The predicted molar refractivity (Wildman–Crippen MR) is 75.2 cm³/mol. The molecule has 4 heteroatoms. The minimum atomic E-state index is -0.499. The molecule has 0 aliphatic carbocycles. The van der Waals surface area contributed by atoms with Crippen molar-refractivity contribution in [3.63, 3.8) is 0 Å². The SMILES string of the molecule is CCC(C)NC(=O)COc1ccc([C@@H](C)O)cc1C. The topological polar surface area (TPSA) is 58.6 Å². The van der Waals surface area contributed by atoms with Gasteiger partial charge in [0.1, 0.15) is 5.75 Å². The lowest BCUT2D eigenvalue weighted by atomic mass is 10.1. The zero-order valence-corrected chi connectivity index (χ0v) is 12.1. The summed E-state index contributed by atoms with van der Waals surface area (Å²) < 4.78 is 5.49. The standard InChI is InChI=1S/C15H23NO3/c1-5-11(3)16-15(18)9-19-14-7-6-13(12(4)17)8-10(14)2/h6-8,11-12,17H,5,9H2,1-4H3,(H,16,18)/t11?,12-/m1/s1. The first-order valence-electron chi connectivity index (χ1n) is 6.64. The number of rotatable bonds is 6. The number of aryl methyl sites for hydroxylation is 1. The molecule has 0 saturated heterocycles. The minimum absolute atomic E-state index is 0.0131. The molecule has 0 saturated carbocycles. The molecule has 0 heterocycles. The van der Waals surface area contributed by atoms with E-state index in [9.17, 15) is 9.90 Å². The number of benzene rings is 1. The molecule has 2 atom stereocenters. The maximum atomic E-state index is 11.6. The Balaban J connectivity index is 2.56. The molecule has 0 aromatic heterocycles. The molecule has 106 valence electrons. The summed E-state index contributed by atoms with van der Waals surface area (Å²) in [5.74, 6) is 0.553. The van der Waals surface area contributed by atoms with Crippen molar-refractivity contribution in [3.05, 3.63) is 29.3 Å². The summed E-state index contributed by atoms with van der Waals surface area (Å²) in [6, 6.07) is 5.62. The van der Waals surface area contributed by atoms with E-state index in [-0.39, 0.29) is 18.6 Å². The Kier molecular flexibility index (Phi) is 5.83. The van der Waals surface area contributed by atoms with E-state index in [0.29, 0.717) is 5.75 Å². The van der Waals surface area contributed by atoms with Crippen LogP contribution in [-0.4, -0.2) is 23.7 Å². The summed E-state index contributed by atoms with van der Waals surface area (Å²) in [6.07, 6.45) is 0.398. The van der Waals surface area contributed by atoms with Gasteiger partial charge >= 0.3 is 0 Å². The van der Waals surface area contributed by atoms with Crippen LogP contribution < -0.4 is 10.1 Å². The first kappa shape index (κ1) is 15.5. The number of carbonyl (C=O) groups is 1. The Labute approximate surface area is 114 Å². The van der Waals surface area contributed by atoms with Crippen LogP contribution in [0.1, 0.15) is 44.4 Å². The molecule has 1 rings (SSSR count). The van der Waals surface area contributed by atoms with Crippen molar-refractivity contribution in [2.75, 3.05) is 6.61 Å². The van der Waals surface area contributed by atoms with Crippen LogP contribution in [0.5, 0.6) is 5.75 Å². The van der Waals surface area contributed by atoms with Gasteiger partial charge in [0.2, 0.25) is 0 Å². The molecule has 19 heavy (non-hydrogen) atoms. The highest BCUT2D eigenvalue weighted by Gasteiger charge is 2.09. The summed E-state index contributed by atoms with van der Waals surface area (Å²) >= 11 is 0. The van der Waals surface area contributed by atoms with Crippen LogP contribution in [0.25, 0.3) is 0 Å². The smallest absolute Gasteiger partial charge is 0.258 e. The predicted octanol–water partition coefficient (Wildman–Crippen LogP) is 2.34. The molecule has 0 aliphatic rings. The zero-order chi connectivity index (χ0) is 14.4. The van der Waals surface area contributed by atoms with Gasteiger partial charge in [-0.1, -0.05) is 13.0 Å². The Morgan fingerprint density at radius 3 is 2.63 bits per heavy atom. The van der Waals surface area contributed by atoms with Gasteiger partial charge in [0.15, 0.2) is 6.61 Å². The highest BCUT2D eigenvalue weighted by molar-refractivity contribution is 5.77. The summed E-state index contributed by atoms with van der Waals surface area (Å²) in [6.45, 7) is 7.60. The summed E-state index contributed by atoms with van der Waals surface area (Å²) in [4.78, 5) is 11.6. The van der Waals surface area contributed by atoms with E-state index < -0.39 is 6.10 Å². The van der Waals surface area contributed by atoms with Gasteiger partial charge in [0, 0.05) is 6.04 Å². The van der Waals surface area contributed by atoms with Gasteiger partial charge in [-0.25, -0.2) is 0 Å². The van der Waals surface area contributed by atoms with Crippen LogP contribution in [0, 0.1) is 6.92 Å². The van der Waals surface area contributed by atoms with Crippen molar-refractivity contribution in [1.82, 2.24) is 5.32 Å². The zero-order valence-electron chi connectivity index (χ0n) is 12.1. The van der Waals surface area contributed by atoms with Crippen LogP contribution in [0.4, 0.5) is 0 Å². The number of amides is 1. The van der Waals surface area contributed by atoms with Crippen molar-refractivity contribution in [3.8, 4) is 5.75 Å². The van der Waals surface area contributed by atoms with Crippen LogP contribution in [0.15, 0.2) is 18.2 Å².